The van der Waals surface area contributed by atoms with Crippen LogP contribution in [0.1, 0.15) is 38.6 Å². The lowest BCUT2D eigenvalue weighted by Gasteiger charge is -2.15. The molecule has 0 spiro atoms. The Labute approximate surface area is 159 Å². The molecule has 1 atom stereocenters. The average Bonchev–Trinajstić information content (AvgIpc) is 3.27. The Hall–Kier alpha value is -2.71. The number of benzene rings is 1. The van der Waals surface area contributed by atoms with Gasteiger partial charge in [0, 0.05) is 11.1 Å². The predicted octanol–water partition coefficient (Wildman–Crippen LogP) is 3.03. The molecule has 140 valence electrons. The molecule has 3 aromatic heterocycles. The summed E-state index contributed by atoms with van der Waals surface area (Å²) in [6, 6.07) is 5.31. The van der Waals surface area contributed by atoms with Crippen LogP contribution in [0.3, 0.4) is 0 Å². The first-order valence-corrected chi connectivity index (χ1v) is 8.95. The summed E-state index contributed by atoms with van der Waals surface area (Å²) >= 11 is 6.15. The summed E-state index contributed by atoms with van der Waals surface area (Å²) in [5.74, 6) is 0.217. The molecule has 0 fully saturated rings. The molecule has 0 saturated heterocycles. The van der Waals surface area contributed by atoms with Crippen molar-refractivity contribution in [3.8, 4) is 11.5 Å². The molecule has 9 heteroatoms. The molecular weight excluding hydrogens is 370 g/mol. The second-order valence-electron chi connectivity index (χ2n) is 6.75. The highest BCUT2D eigenvalue weighted by atomic mass is 35.5. The predicted molar refractivity (Wildman–Crippen MR) is 101 cm³/mol. The lowest BCUT2D eigenvalue weighted by Crippen LogP contribution is -2.24. The molecule has 8 nitrogen and oxygen atoms in total. The summed E-state index contributed by atoms with van der Waals surface area (Å²) in [6.07, 6.45) is 1.57. The van der Waals surface area contributed by atoms with Gasteiger partial charge in [-0.15, -0.1) is 0 Å². The Balaban J connectivity index is 2.05. The van der Waals surface area contributed by atoms with Crippen molar-refractivity contribution in [3.05, 3.63) is 45.8 Å². The second kappa shape index (κ2) is 6.47. The molecule has 0 radical (unpaired) electrons. The molecule has 1 N–H and O–H groups in total. The van der Waals surface area contributed by atoms with Crippen LogP contribution in [0.25, 0.3) is 28.1 Å². The van der Waals surface area contributed by atoms with Crippen molar-refractivity contribution in [2.75, 3.05) is 6.61 Å². The fraction of sp³-hybridized carbons (Fsp3) is 0.333. The van der Waals surface area contributed by atoms with Gasteiger partial charge in [-0.3, -0.25) is 9.20 Å². The van der Waals surface area contributed by atoms with E-state index in [1.165, 1.54) is 0 Å². The van der Waals surface area contributed by atoms with Gasteiger partial charge in [-0.1, -0.05) is 23.7 Å². The van der Waals surface area contributed by atoms with Crippen LogP contribution in [0.15, 0.2) is 33.8 Å². The summed E-state index contributed by atoms with van der Waals surface area (Å²) in [5, 5.41) is 13.8. The maximum Gasteiger partial charge on any atom is 0.278 e. The van der Waals surface area contributed by atoms with Crippen LogP contribution >= 0.6 is 11.6 Å². The molecule has 27 heavy (non-hydrogen) atoms. The van der Waals surface area contributed by atoms with E-state index in [0.29, 0.717) is 22.1 Å². The Kier molecular flexibility index (Phi) is 4.24. The number of hydrogen-bond donors (Lipinski definition) is 1. The van der Waals surface area contributed by atoms with Crippen molar-refractivity contribution in [2.45, 2.75) is 32.7 Å². The number of aromatic nitrogens is 5. The van der Waals surface area contributed by atoms with Crippen molar-refractivity contribution < 1.29 is 9.63 Å². The molecular formula is C18H18ClN5O3. The highest BCUT2D eigenvalue weighted by Gasteiger charge is 2.22. The van der Waals surface area contributed by atoms with Crippen LogP contribution in [0.2, 0.25) is 5.02 Å². The van der Waals surface area contributed by atoms with Gasteiger partial charge >= 0.3 is 0 Å². The number of halogens is 1. The second-order valence-corrected chi connectivity index (χ2v) is 7.19. The Bertz CT molecular complexity index is 1210. The first-order valence-electron chi connectivity index (χ1n) is 8.58. The van der Waals surface area contributed by atoms with Gasteiger partial charge in [0.1, 0.15) is 17.5 Å². The molecule has 0 saturated carbocycles. The van der Waals surface area contributed by atoms with Gasteiger partial charge in [0.05, 0.1) is 23.6 Å². The monoisotopic (exact) mass is 387 g/mol. The van der Waals surface area contributed by atoms with Crippen LogP contribution in [0.5, 0.6) is 0 Å². The van der Waals surface area contributed by atoms with Crippen LogP contribution < -0.4 is 5.56 Å². The Morgan fingerprint density at radius 3 is 2.74 bits per heavy atom. The fourth-order valence-corrected chi connectivity index (χ4v) is 3.30. The molecule has 0 aliphatic heterocycles. The minimum absolute atomic E-state index is 0.0820. The quantitative estimate of drug-likeness (QED) is 0.578. The molecule has 0 aliphatic rings. The molecule has 0 amide bonds. The van der Waals surface area contributed by atoms with Crippen LogP contribution in [0, 0.1) is 0 Å². The summed E-state index contributed by atoms with van der Waals surface area (Å²) in [5.41, 5.74) is 2.01. The third kappa shape index (κ3) is 2.72. The van der Waals surface area contributed by atoms with Gasteiger partial charge in [-0.2, -0.15) is 4.98 Å². The number of nitrogens with zero attached hydrogens (tertiary/aromatic N) is 5. The highest BCUT2D eigenvalue weighted by molar-refractivity contribution is 6.31. The SMILES string of the molecule is CC(CO)c1nc(-c2ncn3c2c(=O)n(C(C)C)c2cc(Cl)ccc23)no1. The first-order chi connectivity index (χ1) is 12.9. The van der Waals surface area contributed by atoms with Gasteiger partial charge < -0.3 is 14.2 Å². The fourth-order valence-electron chi connectivity index (χ4n) is 3.14. The third-order valence-electron chi connectivity index (χ3n) is 4.51. The van der Waals surface area contributed by atoms with E-state index >= 15 is 0 Å². The Morgan fingerprint density at radius 2 is 2.04 bits per heavy atom. The van der Waals surface area contributed by atoms with Crippen LogP contribution in [0.4, 0.5) is 0 Å². The number of hydrogen-bond acceptors (Lipinski definition) is 6. The third-order valence-corrected chi connectivity index (χ3v) is 4.75. The normalized spacial score (nSPS) is 13.1. The Morgan fingerprint density at radius 1 is 1.26 bits per heavy atom. The maximum atomic E-state index is 13.3. The van der Waals surface area contributed by atoms with Crippen LogP contribution in [-0.4, -0.2) is 35.8 Å². The van der Waals surface area contributed by atoms with Gasteiger partial charge in [0.2, 0.25) is 11.7 Å². The lowest BCUT2D eigenvalue weighted by molar-refractivity contribution is 0.242. The van der Waals surface area contributed by atoms with Crippen molar-refractivity contribution in [2.24, 2.45) is 0 Å². The number of rotatable bonds is 4. The standard InChI is InChI=1S/C18H18ClN5O3/c1-9(2)24-13-6-11(19)4-5-12(13)23-8-20-14(15(23)18(24)26)16-21-17(27-22-16)10(3)7-25/h4-6,8-10,25H,7H2,1-3H3. The van der Waals surface area contributed by atoms with E-state index in [2.05, 4.69) is 15.1 Å². The maximum absolute atomic E-state index is 13.3. The van der Waals surface area contributed by atoms with Crippen molar-refractivity contribution in [3.63, 3.8) is 0 Å². The van der Waals surface area contributed by atoms with E-state index in [9.17, 15) is 9.90 Å². The molecule has 0 aliphatic carbocycles. The number of fused-ring (bicyclic) bond motifs is 3. The van der Waals surface area contributed by atoms with E-state index in [1.54, 1.807) is 34.4 Å². The van der Waals surface area contributed by atoms with Gasteiger partial charge in [0.15, 0.2) is 0 Å². The zero-order chi connectivity index (χ0) is 19.3. The van der Waals surface area contributed by atoms with Gasteiger partial charge in [0.25, 0.3) is 5.56 Å². The minimum atomic E-state index is -0.296. The van der Waals surface area contributed by atoms with Crippen molar-refractivity contribution >= 4 is 28.2 Å². The zero-order valence-corrected chi connectivity index (χ0v) is 15.8. The van der Waals surface area contributed by atoms with Crippen molar-refractivity contribution in [1.29, 1.82) is 0 Å². The minimum Gasteiger partial charge on any atom is -0.396 e. The molecule has 1 unspecified atom stereocenters. The van der Waals surface area contributed by atoms with Gasteiger partial charge in [-0.25, -0.2) is 4.98 Å². The van der Waals surface area contributed by atoms with Crippen molar-refractivity contribution in [1.82, 2.24) is 24.1 Å². The van der Waals surface area contributed by atoms with E-state index < -0.39 is 0 Å². The smallest absolute Gasteiger partial charge is 0.278 e. The molecule has 1 aromatic carbocycles. The van der Waals surface area contributed by atoms with Crippen LogP contribution in [-0.2, 0) is 0 Å². The zero-order valence-electron chi connectivity index (χ0n) is 15.0. The molecule has 3 heterocycles. The number of imidazole rings is 1. The topological polar surface area (TPSA) is 98.5 Å². The van der Waals surface area contributed by atoms with Gasteiger partial charge in [-0.05, 0) is 32.0 Å². The first kappa shape index (κ1) is 17.7. The summed E-state index contributed by atoms with van der Waals surface area (Å²) < 4.78 is 8.61. The van der Waals surface area contributed by atoms with E-state index in [1.807, 2.05) is 19.9 Å². The highest BCUT2D eigenvalue weighted by Crippen LogP contribution is 2.26. The molecule has 0 bridgehead atoms. The summed E-state index contributed by atoms with van der Waals surface area (Å²) in [6.45, 7) is 5.52. The summed E-state index contributed by atoms with van der Waals surface area (Å²) in [4.78, 5) is 21.9. The van der Waals surface area contributed by atoms with E-state index in [-0.39, 0.29) is 30.0 Å². The molecule has 4 aromatic rings. The number of aliphatic hydroxyl groups is 1. The van der Waals surface area contributed by atoms with E-state index in [0.717, 1.165) is 11.0 Å². The van der Waals surface area contributed by atoms with E-state index in [4.69, 9.17) is 16.1 Å². The lowest BCUT2D eigenvalue weighted by atomic mass is 10.2. The molecule has 4 rings (SSSR count). The summed E-state index contributed by atoms with van der Waals surface area (Å²) in [7, 11) is 0. The number of aliphatic hydroxyl groups excluding tert-OH is 1. The average molecular weight is 388 g/mol. The largest absolute Gasteiger partial charge is 0.396 e.